The first-order valence-electron chi connectivity index (χ1n) is 6.00. The Bertz CT molecular complexity index is 437. The van der Waals surface area contributed by atoms with Gasteiger partial charge in [0.1, 0.15) is 6.10 Å². The Hall–Kier alpha value is -0.910. The fourth-order valence-corrected chi connectivity index (χ4v) is 2.60. The lowest BCUT2D eigenvalue weighted by Gasteiger charge is -2.34. The molecular formula is C13H17BrN2O2. The maximum Gasteiger partial charge on any atom is 0.239 e. The molecule has 0 spiro atoms. The minimum Gasteiger partial charge on any atom is -0.370 e. The Labute approximate surface area is 115 Å². The third-order valence-electron chi connectivity index (χ3n) is 3.02. The summed E-state index contributed by atoms with van der Waals surface area (Å²) in [4.78, 5) is 13.7. The number of nitrogens with two attached hydrogens (primary N) is 1. The zero-order valence-electron chi connectivity index (χ0n) is 10.3. The van der Waals surface area contributed by atoms with Gasteiger partial charge < -0.3 is 15.4 Å². The van der Waals surface area contributed by atoms with E-state index in [-0.39, 0.29) is 12.0 Å². The van der Waals surface area contributed by atoms with Crippen LogP contribution in [0, 0.1) is 0 Å². The van der Waals surface area contributed by atoms with Crippen LogP contribution in [0.25, 0.3) is 0 Å². The number of nitrogens with zero attached hydrogens (tertiary/aromatic N) is 1. The highest BCUT2D eigenvalue weighted by atomic mass is 79.9. The number of halogens is 1. The molecule has 5 heteroatoms. The highest BCUT2D eigenvalue weighted by molar-refractivity contribution is 9.10. The predicted octanol–water partition coefficient (Wildman–Crippen LogP) is 1.70. The number of benzene rings is 1. The average molecular weight is 313 g/mol. The summed E-state index contributed by atoms with van der Waals surface area (Å²) in [6.07, 6.45) is -0.0861. The van der Waals surface area contributed by atoms with E-state index in [1.54, 1.807) is 11.8 Å². The molecule has 1 aliphatic heterocycles. The van der Waals surface area contributed by atoms with Crippen molar-refractivity contribution in [3.8, 4) is 0 Å². The summed E-state index contributed by atoms with van der Waals surface area (Å²) in [6.45, 7) is 3.43. The van der Waals surface area contributed by atoms with Gasteiger partial charge in [-0.1, -0.05) is 34.1 Å². The molecule has 0 unspecified atom stereocenters. The van der Waals surface area contributed by atoms with E-state index in [0.29, 0.717) is 19.7 Å². The lowest BCUT2D eigenvalue weighted by atomic mass is 10.1. The Morgan fingerprint density at radius 2 is 2.28 bits per heavy atom. The largest absolute Gasteiger partial charge is 0.370 e. The highest BCUT2D eigenvalue weighted by Gasteiger charge is 2.27. The molecule has 2 rings (SSSR count). The summed E-state index contributed by atoms with van der Waals surface area (Å²) in [5.41, 5.74) is 6.71. The minimum atomic E-state index is -0.456. The Morgan fingerprint density at radius 3 is 2.94 bits per heavy atom. The van der Waals surface area contributed by atoms with Crippen LogP contribution in [0.1, 0.15) is 18.6 Å². The molecule has 1 amide bonds. The molecule has 0 bridgehead atoms. The number of hydrogen-bond acceptors (Lipinski definition) is 3. The van der Waals surface area contributed by atoms with E-state index in [1.165, 1.54) is 0 Å². The lowest BCUT2D eigenvalue weighted by molar-refractivity contribution is -0.140. The van der Waals surface area contributed by atoms with Gasteiger partial charge in [0, 0.05) is 11.0 Å². The third-order valence-corrected chi connectivity index (χ3v) is 3.74. The van der Waals surface area contributed by atoms with Crippen molar-refractivity contribution in [2.24, 2.45) is 5.73 Å². The van der Waals surface area contributed by atoms with E-state index < -0.39 is 6.04 Å². The van der Waals surface area contributed by atoms with Crippen molar-refractivity contribution in [1.29, 1.82) is 0 Å². The van der Waals surface area contributed by atoms with Crippen LogP contribution in [0.15, 0.2) is 28.7 Å². The van der Waals surface area contributed by atoms with Crippen molar-refractivity contribution < 1.29 is 9.53 Å². The Kier molecular flexibility index (Phi) is 4.37. The van der Waals surface area contributed by atoms with Crippen LogP contribution in [-0.2, 0) is 9.53 Å². The number of rotatable bonds is 2. The van der Waals surface area contributed by atoms with Gasteiger partial charge in [0.25, 0.3) is 0 Å². The van der Waals surface area contributed by atoms with Gasteiger partial charge in [-0.25, -0.2) is 0 Å². The maximum atomic E-state index is 11.9. The van der Waals surface area contributed by atoms with E-state index in [4.69, 9.17) is 10.5 Å². The van der Waals surface area contributed by atoms with E-state index in [2.05, 4.69) is 15.9 Å². The highest BCUT2D eigenvalue weighted by Crippen LogP contribution is 2.28. The van der Waals surface area contributed by atoms with E-state index >= 15 is 0 Å². The van der Waals surface area contributed by atoms with E-state index in [0.717, 1.165) is 10.0 Å². The zero-order chi connectivity index (χ0) is 13.1. The molecular weight excluding hydrogens is 296 g/mol. The van der Waals surface area contributed by atoms with Crippen LogP contribution in [0.3, 0.4) is 0 Å². The minimum absolute atomic E-state index is 0.0182. The van der Waals surface area contributed by atoms with Crippen molar-refractivity contribution in [3.05, 3.63) is 34.3 Å². The summed E-state index contributed by atoms with van der Waals surface area (Å²) in [7, 11) is 0. The first-order chi connectivity index (χ1) is 8.59. The number of carbonyl (C=O) groups is 1. The molecule has 2 atom stereocenters. The van der Waals surface area contributed by atoms with Crippen LogP contribution < -0.4 is 5.73 Å². The first kappa shape index (κ1) is 13.5. The van der Waals surface area contributed by atoms with Gasteiger partial charge in [-0.2, -0.15) is 0 Å². The van der Waals surface area contributed by atoms with Gasteiger partial charge in [0.15, 0.2) is 0 Å². The summed E-state index contributed by atoms with van der Waals surface area (Å²) in [6, 6.07) is 7.46. The molecule has 98 valence electrons. The van der Waals surface area contributed by atoms with Crippen molar-refractivity contribution in [3.63, 3.8) is 0 Å². The Balaban J connectivity index is 2.12. The molecule has 18 heavy (non-hydrogen) atoms. The van der Waals surface area contributed by atoms with E-state index in [1.807, 2.05) is 24.3 Å². The van der Waals surface area contributed by atoms with Crippen LogP contribution in [0.4, 0.5) is 0 Å². The van der Waals surface area contributed by atoms with Gasteiger partial charge in [0.2, 0.25) is 5.91 Å². The molecule has 0 saturated carbocycles. The van der Waals surface area contributed by atoms with Gasteiger partial charge in [0.05, 0.1) is 19.2 Å². The van der Waals surface area contributed by atoms with Crippen LogP contribution in [-0.4, -0.2) is 36.5 Å². The lowest BCUT2D eigenvalue weighted by Crippen LogP contribution is -2.48. The quantitative estimate of drug-likeness (QED) is 0.904. The topological polar surface area (TPSA) is 55.6 Å². The molecule has 1 saturated heterocycles. The van der Waals surface area contributed by atoms with Crippen LogP contribution >= 0.6 is 15.9 Å². The summed E-state index contributed by atoms with van der Waals surface area (Å²) < 4.78 is 6.74. The van der Waals surface area contributed by atoms with Gasteiger partial charge in [-0.05, 0) is 18.6 Å². The monoisotopic (exact) mass is 312 g/mol. The number of amides is 1. The molecule has 1 aromatic carbocycles. The zero-order valence-corrected chi connectivity index (χ0v) is 11.9. The number of morpholine rings is 1. The molecule has 4 nitrogen and oxygen atoms in total. The summed E-state index contributed by atoms with van der Waals surface area (Å²) in [5, 5.41) is 0. The van der Waals surface area contributed by atoms with Crippen LogP contribution in [0.5, 0.6) is 0 Å². The van der Waals surface area contributed by atoms with Crippen molar-refractivity contribution >= 4 is 21.8 Å². The van der Waals surface area contributed by atoms with Crippen molar-refractivity contribution in [1.82, 2.24) is 4.90 Å². The Morgan fingerprint density at radius 1 is 1.56 bits per heavy atom. The summed E-state index contributed by atoms with van der Waals surface area (Å²) >= 11 is 3.51. The number of ether oxygens (including phenoxy) is 1. The fourth-order valence-electron chi connectivity index (χ4n) is 2.06. The fraction of sp³-hybridized carbons (Fsp3) is 0.462. The SMILES string of the molecule is C[C@H](N)C(=O)N1CCO[C@@H](c2ccccc2Br)C1. The van der Waals surface area contributed by atoms with Crippen molar-refractivity contribution in [2.45, 2.75) is 19.1 Å². The normalized spacial score (nSPS) is 21.7. The molecule has 1 heterocycles. The van der Waals surface area contributed by atoms with Gasteiger partial charge in [-0.15, -0.1) is 0 Å². The number of carbonyl (C=O) groups excluding carboxylic acids is 1. The molecule has 0 radical (unpaired) electrons. The molecule has 0 aromatic heterocycles. The van der Waals surface area contributed by atoms with Gasteiger partial charge >= 0.3 is 0 Å². The summed E-state index contributed by atoms with van der Waals surface area (Å²) in [5.74, 6) is -0.0182. The second-order valence-corrected chi connectivity index (χ2v) is 5.31. The predicted molar refractivity (Wildman–Crippen MR) is 73.1 cm³/mol. The smallest absolute Gasteiger partial charge is 0.239 e. The van der Waals surface area contributed by atoms with E-state index in [9.17, 15) is 4.79 Å². The molecule has 1 fully saturated rings. The second-order valence-electron chi connectivity index (χ2n) is 4.45. The standard InChI is InChI=1S/C13H17BrN2O2/c1-9(15)13(17)16-6-7-18-12(8-16)10-4-2-3-5-11(10)14/h2-5,9,12H,6-8,15H2,1H3/t9-,12+/m0/s1. The second kappa shape index (κ2) is 5.82. The molecule has 0 aliphatic carbocycles. The maximum absolute atomic E-state index is 11.9. The van der Waals surface area contributed by atoms with Crippen LogP contribution in [0.2, 0.25) is 0 Å². The average Bonchev–Trinajstić information content (AvgIpc) is 2.38. The first-order valence-corrected chi connectivity index (χ1v) is 6.79. The molecule has 1 aromatic rings. The number of hydrogen-bond donors (Lipinski definition) is 1. The third kappa shape index (κ3) is 2.91. The molecule has 1 aliphatic rings. The van der Waals surface area contributed by atoms with Crippen molar-refractivity contribution in [2.75, 3.05) is 19.7 Å². The molecule has 2 N–H and O–H groups in total. The van der Waals surface area contributed by atoms with Gasteiger partial charge in [-0.3, -0.25) is 4.79 Å².